The van der Waals surface area contributed by atoms with Crippen LogP contribution in [0.2, 0.25) is 0 Å². The summed E-state index contributed by atoms with van der Waals surface area (Å²) in [6, 6.07) is 28.9. The van der Waals surface area contributed by atoms with Gasteiger partial charge >= 0.3 is 0 Å². The van der Waals surface area contributed by atoms with Gasteiger partial charge in [0.25, 0.3) is 0 Å². The fraction of sp³-hybridized carbons (Fsp3) is 0.296. The molecule has 3 aromatic carbocycles. The van der Waals surface area contributed by atoms with Gasteiger partial charge in [-0.05, 0) is 48.9 Å². The van der Waals surface area contributed by atoms with E-state index in [1.807, 2.05) is 60.7 Å². The molecular formula is C27H30N2O. The first-order valence-corrected chi connectivity index (χ1v) is 10.8. The normalized spacial score (nSPS) is 17.2. The summed E-state index contributed by atoms with van der Waals surface area (Å²) in [5.41, 5.74) is 10.0. The number of aryl methyl sites for hydroxylation is 1. The van der Waals surface area contributed by atoms with Gasteiger partial charge in [-0.1, -0.05) is 90.5 Å². The van der Waals surface area contributed by atoms with E-state index in [4.69, 9.17) is 5.73 Å². The molecule has 1 amide bonds. The van der Waals surface area contributed by atoms with Crippen LogP contribution >= 0.6 is 0 Å². The molecule has 0 aliphatic carbocycles. The number of hydrogen-bond acceptors (Lipinski definition) is 2. The first-order chi connectivity index (χ1) is 14.6. The minimum Gasteiger partial charge on any atom is -0.369 e. The van der Waals surface area contributed by atoms with Crippen molar-refractivity contribution in [3.05, 3.63) is 107 Å². The number of carbonyl (C=O) groups excluding carboxylic acids is 1. The molecule has 0 radical (unpaired) electrons. The summed E-state index contributed by atoms with van der Waals surface area (Å²) in [7, 11) is 0. The van der Waals surface area contributed by atoms with Crippen molar-refractivity contribution in [1.82, 2.24) is 4.90 Å². The summed E-state index contributed by atoms with van der Waals surface area (Å²) in [6.45, 7) is 5.00. The molecule has 3 nitrogen and oxygen atoms in total. The predicted octanol–water partition coefficient (Wildman–Crippen LogP) is 4.33. The van der Waals surface area contributed by atoms with E-state index in [0.717, 1.165) is 43.6 Å². The van der Waals surface area contributed by atoms with Crippen LogP contribution in [0.3, 0.4) is 0 Å². The smallest absolute Gasteiger partial charge is 0.232 e. The maximum absolute atomic E-state index is 13.1. The Morgan fingerprint density at radius 1 is 0.967 bits per heavy atom. The van der Waals surface area contributed by atoms with Gasteiger partial charge in [0, 0.05) is 13.1 Å². The minimum atomic E-state index is -0.805. The van der Waals surface area contributed by atoms with Gasteiger partial charge in [-0.2, -0.15) is 0 Å². The first kappa shape index (κ1) is 20.4. The Balaban J connectivity index is 1.61. The van der Waals surface area contributed by atoms with Crippen molar-refractivity contribution in [2.75, 3.05) is 19.6 Å². The van der Waals surface area contributed by atoms with Crippen molar-refractivity contribution >= 4 is 5.91 Å². The lowest BCUT2D eigenvalue weighted by atomic mass is 9.64. The first-order valence-electron chi connectivity index (χ1n) is 10.8. The van der Waals surface area contributed by atoms with Crippen LogP contribution in [-0.2, 0) is 16.6 Å². The van der Waals surface area contributed by atoms with Crippen molar-refractivity contribution < 1.29 is 4.79 Å². The molecule has 3 aromatic rings. The fourth-order valence-corrected chi connectivity index (χ4v) is 5.07. The molecule has 1 fully saturated rings. The molecule has 154 valence electrons. The van der Waals surface area contributed by atoms with E-state index in [1.165, 1.54) is 11.1 Å². The molecule has 0 saturated carbocycles. The second-order valence-electron chi connectivity index (χ2n) is 8.43. The van der Waals surface area contributed by atoms with Crippen molar-refractivity contribution in [3.8, 4) is 0 Å². The third-order valence-electron chi connectivity index (χ3n) is 6.53. The van der Waals surface area contributed by atoms with Gasteiger partial charge in [0.15, 0.2) is 0 Å². The largest absolute Gasteiger partial charge is 0.369 e. The number of likely N-dealkylation sites (tertiary alicyclic amines) is 1. The van der Waals surface area contributed by atoms with Gasteiger partial charge in [-0.25, -0.2) is 0 Å². The Morgan fingerprint density at radius 3 is 2.17 bits per heavy atom. The van der Waals surface area contributed by atoms with E-state index in [1.54, 1.807) is 0 Å². The average Bonchev–Trinajstić information content (AvgIpc) is 3.23. The van der Waals surface area contributed by atoms with Crippen LogP contribution in [0.25, 0.3) is 0 Å². The molecule has 1 saturated heterocycles. The van der Waals surface area contributed by atoms with Gasteiger partial charge in [-0.3, -0.25) is 4.79 Å². The van der Waals surface area contributed by atoms with E-state index in [0.29, 0.717) is 0 Å². The third kappa shape index (κ3) is 3.90. The monoisotopic (exact) mass is 398 g/mol. The Labute approximate surface area is 179 Å². The van der Waals surface area contributed by atoms with Gasteiger partial charge in [0.2, 0.25) is 5.91 Å². The maximum Gasteiger partial charge on any atom is 0.232 e. The number of benzene rings is 3. The Morgan fingerprint density at radius 2 is 1.60 bits per heavy atom. The molecule has 2 N–H and O–H groups in total. The topological polar surface area (TPSA) is 46.3 Å². The van der Waals surface area contributed by atoms with Gasteiger partial charge in [0.1, 0.15) is 5.41 Å². The number of primary amides is 1. The van der Waals surface area contributed by atoms with E-state index in [9.17, 15) is 4.79 Å². The zero-order valence-corrected chi connectivity index (χ0v) is 17.6. The lowest BCUT2D eigenvalue weighted by Gasteiger charge is -2.37. The minimum absolute atomic E-state index is 0.150. The van der Waals surface area contributed by atoms with E-state index < -0.39 is 5.41 Å². The summed E-state index contributed by atoms with van der Waals surface area (Å²) in [6.07, 6.45) is 1.98. The summed E-state index contributed by atoms with van der Waals surface area (Å²) in [5.74, 6) is -0.109. The summed E-state index contributed by atoms with van der Waals surface area (Å²) < 4.78 is 0. The quantitative estimate of drug-likeness (QED) is 0.644. The second-order valence-corrected chi connectivity index (χ2v) is 8.43. The van der Waals surface area contributed by atoms with Gasteiger partial charge in [-0.15, -0.1) is 0 Å². The zero-order valence-electron chi connectivity index (χ0n) is 17.6. The highest BCUT2D eigenvalue weighted by Crippen LogP contribution is 2.43. The zero-order chi connectivity index (χ0) is 21.0. The number of nitrogens with zero attached hydrogens (tertiary/aromatic N) is 1. The molecule has 30 heavy (non-hydrogen) atoms. The summed E-state index contributed by atoms with van der Waals surface area (Å²) in [5, 5.41) is 0. The van der Waals surface area contributed by atoms with Gasteiger partial charge < -0.3 is 10.6 Å². The molecule has 4 rings (SSSR count). The molecule has 0 aromatic heterocycles. The van der Waals surface area contributed by atoms with Crippen molar-refractivity contribution in [2.24, 2.45) is 11.7 Å². The van der Waals surface area contributed by atoms with Crippen LogP contribution in [0.15, 0.2) is 84.9 Å². The van der Waals surface area contributed by atoms with Crippen molar-refractivity contribution in [1.29, 1.82) is 0 Å². The van der Waals surface area contributed by atoms with Crippen LogP contribution in [-0.4, -0.2) is 30.4 Å². The number of carbonyl (C=O) groups is 1. The second kappa shape index (κ2) is 8.85. The standard InChI is InChI=1S/C27H30N2O/c1-21-9-8-10-22(19-21)15-17-29-18-16-25(20-29)27(26(28)30,23-11-4-2-5-12-23)24-13-6-3-7-14-24/h2-14,19,25H,15-18,20H2,1H3,(H2,28,30)/t25-/m0/s1. The number of amides is 1. The highest BCUT2D eigenvalue weighted by atomic mass is 16.1. The molecule has 1 aliphatic heterocycles. The van der Waals surface area contributed by atoms with E-state index >= 15 is 0 Å². The predicted molar refractivity (Wildman–Crippen MR) is 122 cm³/mol. The highest BCUT2D eigenvalue weighted by molar-refractivity contribution is 5.91. The summed E-state index contributed by atoms with van der Waals surface area (Å²) in [4.78, 5) is 15.6. The van der Waals surface area contributed by atoms with Crippen molar-refractivity contribution in [2.45, 2.75) is 25.2 Å². The molecule has 0 unspecified atom stereocenters. The van der Waals surface area contributed by atoms with E-state index in [2.05, 4.69) is 36.1 Å². The lowest BCUT2D eigenvalue weighted by molar-refractivity contribution is -0.123. The maximum atomic E-state index is 13.1. The third-order valence-corrected chi connectivity index (χ3v) is 6.53. The average molecular weight is 399 g/mol. The van der Waals surface area contributed by atoms with Crippen LogP contribution in [0.5, 0.6) is 0 Å². The van der Waals surface area contributed by atoms with Crippen LogP contribution < -0.4 is 5.73 Å². The SMILES string of the molecule is Cc1cccc(CCN2CC[C@H](C(C(N)=O)(c3ccccc3)c3ccccc3)C2)c1. The molecular weight excluding hydrogens is 368 g/mol. The summed E-state index contributed by atoms with van der Waals surface area (Å²) >= 11 is 0. The molecule has 1 heterocycles. The fourth-order valence-electron chi connectivity index (χ4n) is 5.07. The van der Waals surface area contributed by atoms with Crippen molar-refractivity contribution in [3.63, 3.8) is 0 Å². The Kier molecular flexibility index (Phi) is 6.01. The number of hydrogen-bond donors (Lipinski definition) is 1. The van der Waals surface area contributed by atoms with Crippen LogP contribution in [0.1, 0.15) is 28.7 Å². The lowest BCUT2D eigenvalue weighted by Crippen LogP contribution is -2.49. The molecule has 3 heteroatoms. The van der Waals surface area contributed by atoms with Gasteiger partial charge in [0.05, 0.1) is 0 Å². The Bertz CT molecular complexity index is 945. The van der Waals surface area contributed by atoms with E-state index in [-0.39, 0.29) is 11.8 Å². The Hall–Kier alpha value is -2.91. The molecule has 1 aliphatic rings. The van der Waals surface area contributed by atoms with Crippen LogP contribution in [0.4, 0.5) is 0 Å². The number of rotatable bonds is 7. The highest BCUT2D eigenvalue weighted by Gasteiger charge is 2.49. The molecule has 0 bridgehead atoms. The molecule has 0 spiro atoms. The number of nitrogens with two attached hydrogens (primary N) is 1. The molecule has 1 atom stereocenters. The van der Waals surface area contributed by atoms with Crippen LogP contribution in [0, 0.1) is 12.8 Å².